The second kappa shape index (κ2) is 5.36. The summed E-state index contributed by atoms with van der Waals surface area (Å²) in [5.41, 5.74) is -2.18. The number of hydrogen-bond acceptors (Lipinski definition) is 4. The Kier molecular flexibility index (Phi) is 5.26. The summed E-state index contributed by atoms with van der Waals surface area (Å²) in [6, 6.07) is 0. The maximum atomic E-state index is 12.0. The highest BCUT2D eigenvalue weighted by molar-refractivity contribution is 9.06. The van der Waals surface area contributed by atoms with Gasteiger partial charge in [-0.05, 0) is 27.7 Å². The summed E-state index contributed by atoms with van der Waals surface area (Å²) in [7, 11) is -3.84. The lowest BCUT2D eigenvalue weighted by Crippen LogP contribution is -2.26. The lowest BCUT2D eigenvalue weighted by atomic mass is 10.2. The molecule has 0 aromatic carbocycles. The molecule has 6 heteroatoms. The van der Waals surface area contributed by atoms with Crippen LogP contribution in [0.3, 0.4) is 0 Å². The normalized spacial score (nSPS) is 12.9. The Hall–Kier alpha value is -0.290. The zero-order valence-electron chi connectivity index (χ0n) is 9.61. The fraction of sp³-hybridized carbons (Fsp3) is 0.600. The van der Waals surface area contributed by atoms with Crippen molar-refractivity contribution in [1.82, 2.24) is 0 Å². The number of phosphoric acid groups is 1. The predicted octanol–water partition coefficient (Wildman–Crippen LogP) is 3.28. The summed E-state index contributed by atoms with van der Waals surface area (Å²) in [4.78, 5) is 0. The lowest BCUT2D eigenvalue weighted by molar-refractivity contribution is 0.0578. The van der Waals surface area contributed by atoms with E-state index in [1.807, 2.05) is 0 Å². The fourth-order valence-electron chi connectivity index (χ4n) is 0.659. The Morgan fingerprint density at radius 2 is 1.38 bits per heavy atom. The second-order valence-electron chi connectivity index (χ2n) is 4.01. The van der Waals surface area contributed by atoms with E-state index in [-0.39, 0.29) is 0 Å². The van der Waals surface area contributed by atoms with Crippen molar-refractivity contribution in [1.29, 1.82) is 0 Å². The van der Waals surface area contributed by atoms with E-state index in [0.717, 1.165) is 0 Å². The Labute approximate surface area is 105 Å². The number of halogens is 1. The fourth-order valence-corrected chi connectivity index (χ4v) is 2.33. The van der Waals surface area contributed by atoms with Gasteiger partial charge >= 0.3 is 7.82 Å². The summed E-state index contributed by atoms with van der Waals surface area (Å²) < 4.78 is 26.8. The van der Waals surface area contributed by atoms with Crippen LogP contribution in [0.4, 0.5) is 0 Å². The van der Waals surface area contributed by atoms with Gasteiger partial charge in [-0.1, -0.05) is 11.8 Å². The van der Waals surface area contributed by atoms with Gasteiger partial charge in [0, 0.05) is 0 Å². The van der Waals surface area contributed by atoms with Crippen molar-refractivity contribution in [2.24, 2.45) is 0 Å². The molecule has 0 heterocycles. The van der Waals surface area contributed by atoms with Crippen LogP contribution in [0.25, 0.3) is 0 Å². The Balaban J connectivity index is 4.92. The molecule has 0 spiro atoms. The van der Waals surface area contributed by atoms with Crippen molar-refractivity contribution < 1.29 is 17.2 Å². The molecule has 0 rings (SSSR count). The molecule has 0 aliphatic rings. The maximum Gasteiger partial charge on any atom is 0.488 e. The van der Waals surface area contributed by atoms with E-state index in [4.69, 9.17) is 21.9 Å². The van der Waals surface area contributed by atoms with Crippen LogP contribution in [-0.4, -0.2) is 11.2 Å². The Bertz CT molecular complexity index is 343. The highest BCUT2D eigenvalue weighted by atomic mass is 79.9. The van der Waals surface area contributed by atoms with Crippen molar-refractivity contribution in [2.45, 2.75) is 38.9 Å². The number of hydrogen-bond donors (Lipinski definition) is 0. The molecule has 0 saturated carbocycles. The molecule has 0 bridgehead atoms. The number of rotatable bonds is 5. The molecular weight excluding hydrogens is 295 g/mol. The van der Waals surface area contributed by atoms with Gasteiger partial charge in [0.2, 0.25) is 0 Å². The van der Waals surface area contributed by atoms with E-state index in [1.54, 1.807) is 27.7 Å². The molecule has 0 aromatic rings. The summed E-state index contributed by atoms with van der Waals surface area (Å²) in [5, 5.41) is 0. The van der Waals surface area contributed by atoms with Crippen LogP contribution in [-0.2, 0) is 17.2 Å². The SMILES string of the molecule is C#CC(C)(C)OP(=O)(OBr)OC(C)(C)C#C. The van der Waals surface area contributed by atoms with E-state index < -0.39 is 19.0 Å². The smallest absolute Gasteiger partial charge is 0.267 e. The van der Waals surface area contributed by atoms with Crippen molar-refractivity contribution in [3.05, 3.63) is 0 Å². The molecule has 90 valence electrons. The molecule has 0 aliphatic carbocycles. The van der Waals surface area contributed by atoms with Crippen molar-refractivity contribution in [3.63, 3.8) is 0 Å². The first-order chi connectivity index (χ1) is 7.10. The zero-order chi connectivity index (χ0) is 13.0. The molecule has 0 saturated heterocycles. The van der Waals surface area contributed by atoms with Crippen LogP contribution < -0.4 is 0 Å². The monoisotopic (exact) mass is 308 g/mol. The second-order valence-corrected chi connectivity index (χ2v) is 6.27. The van der Waals surface area contributed by atoms with E-state index in [1.165, 1.54) is 0 Å². The van der Waals surface area contributed by atoms with Crippen LogP contribution in [0, 0.1) is 24.7 Å². The molecule has 0 unspecified atom stereocenters. The molecule has 0 aliphatic heterocycles. The van der Waals surface area contributed by atoms with Crippen LogP contribution in [0.2, 0.25) is 0 Å². The first-order valence-corrected chi connectivity index (χ1v) is 6.48. The van der Waals surface area contributed by atoms with Crippen LogP contribution in [0.5, 0.6) is 0 Å². The quantitative estimate of drug-likeness (QED) is 0.577. The molecule has 0 atom stereocenters. The number of phosphoric ester groups is 1. The van der Waals surface area contributed by atoms with Gasteiger partial charge in [-0.3, -0.25) is 9.05 Å². The Morgan fingerprint density at radius 3 is 1.56 bits per heavy atom. The third-order valence-corrected chi connectivity index (χ3v) is 4.05. The van der Waals surface area contributed by atoms with E-state index >= 15 is 0 Å². The van der Waals surface area contributed by atoms with Gasteiger partial charge in [0.25, 0.3) is 0 Å². The van der Waals surface area contributed by atoms with Crippen LogP contribution >= 0.6 is 24.1 Å². The largest absolute Gasteiger partial charge is 0.488 e. The molecule has 0 N–H and O–H groups in total. The van der Waals surface area contributed by atoms with E-state index in [9.17, 15) is 4.57 Å². The third-order valence-electron chi connectivity index (χ3n) is 1.46. The van der Waals surface area contributed by atoms with Gasteiger partial charge in [0.15, 0.2) is 0 Å². The minimum absolute atomic E-state index is 1.09. The third kappa shape index (κ3) is 5.16. The van der Waals surface area contributed by atoms with Crippen LogP contribution in [0.1, 0.15) is 27.7 Å². The number of terminal acetylenes is 2. The van der Waals surface area contributed by atoms with Gasteiger partial charge in [-0.2, -0.15) is 0 Å². The summed E-state index contributed by atoms with van der Waals surface area (Å²) >= 11 is 2.59. The summed E-state index contributed by atoms with van der Waals surface area (Å²) in [5.74, 6) is 4.62. The topological polar surface area (TPSA) is 44.8 Å². The van der Waals surface area contributed by atoms with E-state index in [0.29, 0.717) is 0 Å². The lowest BCUT2D eigenvalue weighted by Gasteiger charge is -2.27. The minimum atomic E-state index is -3.84. The predicted molar refractivity (Wildman–Crippen MR) is 65.6 cm³/mol. The minimum Gasteiger partial charge on any atom is -0.267 e. The van der Waals surface area contributed by atoms with Gasteiger partial charge in [0.05, 0.1) is 0 Å². The average Bonchev–Trinajstić information content (AvgIpc) is 2.16. The van der Waals surface area contributed by atoms with Gasteiger partial charge in [-0.25, -0.2) is 8.18 Å². The van der Waals surface area contributed by atoms with Gasteiger partial charge in [0.1, 0.15) is 27.5 Å². The van der Waals surface area contributed by atoms with Gasteiger partial charge in [-0.15, -0.1) is 12.8 Å². The highest BCUT2D eigenvalue weighted by Crippen LogP contribution is 2.56. The molecule has 4 nitrogen and oxygen atoms in total. The first kappa shape index (κ1) is 15.7. The van der Waals surface area contributed by atoms with Crippen molar-refractivity contribution in [3.8, 4) is 24.7 Å². The van der Waals surface area contributed by atoms with E-state index in [2.05, 4.69) is 31.7 Å². The van der Waals surface area contributed by atoms with Crippen molar-refractivity contribution in [2.75, 3.05) is 0 Å². The summed E-state index contributed by atoms with van der Waals surface area (Å²) in [6.45, 7) is 6.21. The standard InChI is InChI=1S/C10H14BrO4P/c1-7-9(3,4)13-16(12,15-11)14-10(5,6)8-2/h1-2H,3-6H3. The Morgan fingerprint density at radius 1 is 1.06 bits per heavy atom. The first-order valence-electron chi connectivity index (χ1n) is 4.37. The van der Waals surface area contributed by atoms with Crippen molar-refractivity contribution >= 4 is 24.1 Å². The molecule has 0 amide bonds. The molecule has 16 heavy (non-hydrogen) atoms. The summed E-state index contributed by atoms with van der Waals surface area (Å²) in [6.07, 6.45) is 10.4. The zero-order valence-corrected chi connectivity index (χ0v) is 12.1. The maximum absolute atomic E-state index is 12.0. The molecule has 0 fully saturated rings. The van der Waals surface area contributed by atoms with Gasteiger partial charge < -0.3 is 0 Å². The highest BCUT2D eigenvalue weighted by Gasteiger charge is 2.39. The molecule has 0 radical (unpaired) electrons. The molecule has 0 aromatic heterocycles. The average molecular weight is 309 g/mol. The molecular formula is C10H14BrO4P. The van der Waals surface area contributed by atoms with Crippen LogP contribution in [0.15, 0.2) is 0 Å².